The van der Waals surface area contributed by atoms with Crippen molar-refractivity contribution < 1.29 is 14.0 Å². The third-order valence-corrected chi connectivity index (χ3v) is 3.22. The van der Waals surface area contributed by atoms with E-state index in [2.05, 4.69) is 5.32 Å². The van der Waals surface area contributed by atoms with Gasteiger partial charge in [0.1, 0.15) is 6.26 Å². The van der Waals surface area contributed by atoms with E-state index in [0.29, 0.717) is 29.9 Å². The molecule has 0 saturated heterocycles. The van der Waals surface area contributed by atoms with Crippen LogP contribution in [-0.4, -0.2) is 29.8 Å². The van der Waals surface area contributed by atoms with Crippen molar-refractivity contribution in [1.29, 1.82) is 0 Å². The van der Waals surface area contributed by atoms with E-state index >= 15 is 0 Å². The highest BCUT2D eigenvalue weighted by Crippen LogP contribution is 2.13. The van der Waals surface area contributed by atoms with Gasteiger partial charge in [0.2, 0.25) is 0 Å². The van der Waals surface area contributed by atoms with Crippen LogP contribution in [0.25, 0.3) is 0 Å². The van der Waals surface area contributed by atoms with Gasteiger partial charge in [0, 0.05) is 24.3 Å². The van der Waals surface area contributed by atoms with Crippen LogP contribution in [0.5, 0.6) is 0 Å². The van der Waals surface area contributed by atoms with Crippen LogP contribution in [0.4, 0.5) is 5.69 Å². The monoisotopic (exact) mass is 286 g/mol. The maximum absolute atomic E-state index is 12.2. The lowest BCUT2D eigenvalue weighted by Gasteiger charge is -2.18. The summed E-state index contributed by atoms with van der Waals surface area (Å²) in [6, 6.07) is 8.45. The van der Waals surface area contributed by atoms with Crippen molar-refractivity contribution in [2.24, 2.45) is 0 Å². The number of nitrogens with zero attached hydrogens (tertiary/aromatic N) is 1. The van der Waals surface area contributed by atoms with Gasteiger partial charge in [-0.25, -0.2) is 0 Å². The van der Waals surface area contributed by atoms with Crippen LogP contribution in [0.15, 0.2) is 47.3 Å². The summed E-state index contributed by atoms with van der Waals surface area (Å²) in [6.45, 7) is 5.24. The minimum absolute atomic E-state index is 0.00675. The summed E-state index contributed by atoms with van der Waals surface area (Å²) in [7, 11) is 0. The second-order valence-corrected chi connectivity index (χ2v) is 4.52. The number of carbonyl (C=O) groups excluding carboxylic acids is 2. The van der Waals surface area contributed by atoms with E-state index in [-0.39, 0.29) is 11.8 Å². The molecule has 1 aromatic carbocycles. The molecule has 5 heteroatoms. The molecular formula is C16H18N2O3. The molecule has 0 aliphatic carbocycles. The first-order valence-electron chi connectivity index (χ1n) is 6.88. The molecule has 0 atom stereocenters. The molecule has 0 aliphatic heterocycles. The Balaban J connectivity index is 2.05. The lowest BCUT2D eigenvalue weighted by molar-refractivity contribution is 0.0773. The van der Waals surface area contributed by atoms with Gasteiger partial charge in [0.05, 0.1) is 11.8 Å². The first-order chi connectivity index (χ1) is 10.2. The fraction of sp³-hybridized carbons (Fsp3) is 0.250. The second kappa shape index (κ2) is 6.74. The number of hydrogen-bond acceptors (Lipinski definition) is 3. The standard InChI is InChI=1S/C16H18N2O3/c1-3-18(4-2)16(20)12-5-7-14(8-6-12)17-15(19)13-9-10-21-11-13/h5-11H,3-4H2,1-2H3,(H,17,19). The van der Waals surface area contributed by atoms with E-state index in [9.17, 15) is 9.59 Å². The van der Waals surface area contributed by atoms with E-state index in [0.717, 1.165) is 0 Å². The average Bonchev–Trinajstić information content (AvgIpc) is 3.03. The number of carbonyl (C=O) groups is 2. The number of nitrogens with one attached hydrogen (secondary N) is 1. The van der Waals surface area contributed by atoms with Crippen molar-refractivity contribution in [3.05, 3.63) is 54.0 Å². The smallest absolute Gasteiger partial charge is 0.258 e. The van der Waals surface area contributed by atoms with Crippen LogP contribution < -0.4 is 5.32 Å². The summed E-state index contributed by atoms with van der Waals surface area (Å²) in [4.78, 5) is 25.8. The lowest BCUT2D eigenvalue weighted by atomic mass is 10.1. The fourth-order valence-corrected chi connectivity index (χ4v) is 1.99. The first kappa shape index (κ1) is 14.8. The third-order valence-electron chi connectivity index (χ3n) is 3.22. The summed E-state index contributed by atoms with van der Waals surface area (Å²) >= 11 is 0. The predicted molar refractivity (Wildman–Crippen MR) is 80.4 cm³/mol. The van der Waals surface area contributed by atoms with Crippen molar-refractivity contribution in [3.63, 3.8) is 0 Å². The summed E-state index contributed by atoms with van der Waals surface area (Å²) in [6.07, 6.45) is 2.83. The highest BCUT2D eigenvalue weighted by Gasteiger charge is 2.12. The molecule has 1 N–H and O–H groups in total. The van der Waals surface area contributed by atoms with Gasteiger partial charge >= 0.3 is 0 Å². The molecule has 2 rings (SSSR count). The lowest BCUT2D eigenvalue weighted by Crippen LogP contribution is -2.30. The van der Waals surface area contributed by atoms with Crippen LogP contribution in [0.1, 0.15) is 34.6 Å². The summed E-state index contributed by atoms with van der Waals surface area (Å²) in [5.74, 6) is -0.251. The van der Waals surface area contributed by atoms with Gasteiger partial charge in [0.25, 0.3) is 11.8 Å². The molecule has 0 radical (unpaired) electrons. The normalized spacial score (nSPS) is 10.2. The Morgan fingerprint density at radius 1 is 1.05 bits per heavy atom. The zero-order valence-electron chi connectivity index (χ0n) is 12.1. The average molecular weight is 286 g/mol. The first-order valence-corrected chi connectivity index (χ1v) is 6.88. The van der Waals surface area contributed by atoms with Gasteiger partial charge in [-0.3, -0.25) is 9.59 Å². The van der Waals surface area contributed by atoms with Crippen molar-refractivity contribution in [2.45, 2.75) is 13.8 Å². The predicted octanol–water partition coefficient (Wildman–Crippen LogP) is 3.01. The fourth-order valence-electron chi connectivity index (χ4n) is 1.99. The molecule has 0 saturated carbocycles. The summed E-state index contributed by atoms with van der Waals surface area (Å²) in [5, 5.41) is 2.74. The number of amides is 2. The van der Waals surface area contributed by atoms with Crippen LogP contribution in [0, 0.1) is 0 Å². The van der Waals surface area contributed by atoms with Crippen LogP contribution in [-0.2, 0) is 0 Å². The van der Waals surface area contributed by atoms with Crippen LogP contribution in [0.2, 0.25) is 0 Å². The topological polar surface area (TPSA) is 62.6 Å². The minimum atomic E-state index is -0.244. The molecule has 0 aliphatic rings. The van der Waals surface area contributed by atoms with Gasteiger partial charge in [-0.05, 0) is 44.2 Å². The molecule has 0 unspecified atom stereocenters. The molecule has 1 aromatic heterocycles. The minimum Gasteiger partial charge on any atom is -0.472 e. The van der Waals surface area contributed by atoms with E-state index < -0.39 is 0 Å². The van der Waals surface area contributed by atoms with E-state index in [1.54, 1.807) is 35.2 Å². The molecule has 0 fully saturated rings. The van der Waals surface area contributed by atoms with Gasteiger partial charge in [-0.2, -0.15) is 0 Å². The molecule has 21 heavy (non-hydrogen) atoms. The summed E-state index contributed by atoms with van der Waals surface area (Å²) < 4.78 is 4.86. The Bertz CT molecular complexity index is 599. The molecule has 0 bridgehead atoms. The number of furan rings is 1. The van der Waals surface area contributed by atoms with E-state index in [4.69, 9.17) is 4.42 Å². The van der Waals surface area contributed by atoms with Crippen molar-refractivity contribution in [1.82, 2.24) is 4.90 Å². The van der Waals surface area contributed by atoms with Crippen molar-refractivity contribution >= 4 is 17.5 Å². The largest absolute Gasteiger partial charge is 0.472 e. The Hall–Kier alpha value is -2.56. The van der Waals surface area contributed by atoms with E-state index in [1.807, 2.05) is 13.8 Å². The molecule has 110 valence electrons. The zero-order valence-corrected chi connectivity index (χ0v) is 12.1. The molecule has 1 heterocycles. The quantitative estimate of drug-likeness (QED) is 0.919. The Kier molecular flexibility index (Phi) is 4.77. The maximum Gasteiger partial charge on any atom is 0.258 e. The van der Waals surface area contributed by atoms with Gasteiger partial charge in [0.15, 0.2) is 0 Å². The van der Waals surface area contributed by atoms with Gasteiger partial charge < -0.3 is 14.6 Å². The van der Waals surface area contributed by atoms with Crippen molar-refractivity contribution in [2.75, 3.05) is 18.4 Å². The molecular weight excluding hydrogens is 268 g/mol. The molecule has 0 spiro atoms. The van der Waals surface area contributed by atoms with Crippen molar-refractivity contribution in [3.8, 4) is 0 Å². The highest BCUT2D eigenvalue weighted by atomic mass is 16.3. The molecule has 2 aromatic rings. The van der Waals surface area contributed by atoms with Crippen LogP contribution in [0.3, 0.4) is 0 Å². The Morgan fingerprint density at radius 2 is 1.71 bits per heavy atom. The van der Waals surface area contributed by atoms with Crippen LogP contribution >= 0.6 is 0 Å². The SMILES string of the molecule is CCN(CC)C(=O)c1ccc(NC(=O)c2ccoc2)cc1. The Labute approximate surface area is 123 Å². The molecule has 2 amide bonds. The van der Waals surface area contributed by atoms with Gasteiger partial charge in [-0.1, -0.05) is 0 Å². The Morgan fingerprint density at radius 3 is 2.24 bits per heavy atom. The maximum atomic E-state index is 12.2. The highest BCUT2D eigenvalue weighted by molar-refractivity contribution is 6.04. The van der Waals surface area contributed by atoms with Gasteiger partial charge in [-0.15, -0.1) is 0 Å². The number of benzene rings is 1. The summed E-state index contributed by atoms with van der Waals surface area (Å²) in [5.41, 5.74) is 1.70. The third kappa shape index (κ3) is 3.51. The second-order valence-electron chi connectivity index (χ2n) is 4.52. The molecule has 5 nitrogen and oxygen atoms in total. The number of hydrogen-bond donors (Lipinski definition) is 1. The zero-order chi connectivity index (χ0) is 15.2. The van der Waals surface area contributed by atoms with E-state index in [1.165, 1.54) is 12.5 Å². The number of rotatable bonds is 5. The number of anilines is 1.